The number of thiophene rings is 1. The summed E-state index contributed by atoms with van der Waals surface area (Å²) in [6, 6.07) is 10.3. The van der Waals surface area contributed by atoms with Gasteiger partial charge in [0.15, 0.2) is 0 Å². The van der Waals surface area contributed by atoms with Crippen molar-refractivity contribution in [1.82, 2.24) is 9.55 Å². The summed E-state index contributed by atoms with van der Waals surface area (Å²) in [6.07, 6.45) is 5.43. The van der Waals surface area contributed by atoms with Gasteiger partial charge in [0.1, 0.15) is 4.83 Å². The maximum Gasteiger partial charge on any atom is 0.263 e. The Bertz CT molecular complexity index is 927. The van der Waals surface area contributed by atoms with Gasteiger partial charge in [0, 0.05) is 18.5 Å². The average molecular weight is 339 g/mol. The fraction of sp³-hybridized carbons (Fsp3) is 0.368. The van der Waals surface area contributed by atoms with Gasteiger partial charge in [-0.3, -0.25) is 9.36 Å². The van der Waals surface area contributed by atoms with Crippen LogP contribution in [0.3, 0.4) is 0 Å². The van der Waals surface area contributed by atoms with E-state index in [-0.39, 0.29) is 5.56 Å². The molecule has 2 aromatic heterocycles. The number of rotatable bonds is 4. The van der Waals surface area contributed by atoms with E-state index in [0.29, 0.717) is 5.95 Å². The van der Waals surface area contributed by atoms with Gasteiger partial charge in [-0.1, -0.05) is 30.3 Å². The predicted molar refractivity (Wildman–Crippen MR) is 100 cm³/mol. The molecular formula is C19H21N3OS. The first kappa shape index (κ1) is 15.4. The Kier molecular flexibility index (Phi) is 4.10. The number of aryl methyl sites for hydroxylation is 2. The van der Waals surface area contributed by atoms with E-state index < -0.39 is 0 Å². The number of hydrogen-bond acceptors (Lipinski definition) is 4. The molecule has 0 amide bonds. The third-order valence-electron chi connectivity index (χ3n) is 4.74. The molecule has 5 heteroatoms. The average Bonchev–Trinajstić information content (AvgIpc) is 2.98. The van der Waals surface area contributed by atoms with Crippen LogP contribution in [-0.2, 0) is 26.3 Å². The van der Waals surface area contributed by atoms with Gasteiger partial charge >= 0.3 is 0 Å². The SMILES string of the molecule is Cn1c(NCCc2ccccc2)nc2sc3c(c2c1=O)CCCC3. The molecule has 1 aromatic carbocycles. The minimum atomic E-state index is 0.0848. The lowest BCUT2D eigenvalue weighted by molar-refractivity contribution is 0.699. The molecule has 0 spiro atoms. The van der Waals surface area contributed by atoms with Gasteiger partial charge in [0.2, 0.25) is 5.95 Å². The van der Waals surface area contributed by atoms with E-state index >= 15 is 0 Å². The minimum Gasteiger partial charge on any atom is -0.355 e. The third kappa shape index (κ3) is 2.73. The number of nitrogens with one attached hydrogen (secondary N) is 1. The van der Waals surface area contributed by atoms with Crippen LogP contribution in [0.1, 0.15) is 28.8 Å². The highest BCUT2D eigenvalue weighted by Crippen LogP contribution is 2.34. The van der Waals surface area contributed by atoms with Crippen LogP contribution in [-0.4, -0.2) is 16.1 Å². The van der Waals surface area contributed by atoms with Crippen molar-refractivity contribution in [2.24, 2.45) is 7.05 Å². The number of aromatic nitrogens is 2. The van der Waals surface area contributed by atoms with Crippen molar-refractivity contribution in [3.8, 4) is 0 Å². The summed E-state index contributed by atoms with van der Waals surface area (Å²) in [5.41, 5.74) is 2.62. The molecule has 0 atom stereocenters. The molecular weight excluding hydrogens is 318 g/mol. The Morgan fingerprint density at radius 2 is 2.00 bits per heavy atom. The topological polar surface area (TPSA) is 46.9 Å². The zero-order chi connectivity index (χ0) is 16.5. The number of hydrogen-bond donors (Lipinski definition) is 1. The molecule has 0 bridgehead atoms. The van der Waals surface area contributed by atoms with Crippen LogP contribution in [0, 0.1) is 0 Å². The highest BCUT2D eigenvalue weighted by Gasteiger charge is 2.20. The summed E-state index contributed by atoms with van der Waals surface area (Å²) in [4.78, 5) is 19.8. The molecule has 0 saturated heterocycles. The summed E-state index contributed by atoms with van der Waals surface area (Å²) in [5, 5.41) is 4.19. The highest BCUT2D eigenvalue weighted by atomic mass is 32.1. The number of fused-ring (bicyclic) bond motifs is 3. The van der Waals surface area contributed by atoms with Crippen LogP contribution in [0.25, 0.3) is 10.2 Å². The molecule has 124 valence electrons. The van der Waals surface area contributed by atoms with Crippen LogP contribution < -0.4 is 10.9 Å². The molecule has 1 aliphatic carbocycles. The van der Waals surface area contributed by atoms with Crippen LogP contribution in [0.15, 0.2) is 35.1 Å². The second kappa shape index (κ2) is 6.40. The Morgan fingerprint density at radius 1 is 1.21 bits per heavy atom. The first-order valence-corrected chi connectivity index (χ1v) is 9.35. The van der Waals surface area contributed by atoms with Gasteiger partial charge in [0.25, 0.3) is 5.56 Å². The quantitative estimate of drug-likeness (QED) is 0.791. The largest absolute Gasteiger partial charge is 0.355 e. The fourth-order valence-corrected chi connectivity index (χ4v) is 4.66. The van der Waals surface area contributed by atoms with E-state index in [0.717, 1.165) is 36.0 Å². The molecule has 0 unspecified atom stereocenters. The van der Waals surface area contributed by atoms with Crippen molar-refractivity contribution in [1.29, 1.82) is 0 Å². The number of anilines is 1. The molecule has 0 aliphatic heterocycles. The van der Waals surface area contributed by atoms with E-state index in [4.69, 9.17) is 4.98 Å². The monoisotopic (exact) mass is 339 g/mol. The molecule has 1 N–H and O–H groups in total. The summed E-state index contributed by atoms with van der Waals surface area (Å²) < 4.78 is 1.66. The second-order valence-electron chi connectivity index (χ2n) is 6.35. The normalized spacial score (nSPS) is 13.9. The lowest BCUT2D eigenvalue weighted by Gasteiger charge is -2.12. The summed E-state index contributed by atoms with van der Waals surface area (Å²) in [7, 11) is 1.81. The van der Waals surface area contributed by atoms with Crippen LogP contribution >= 0.6 is 11.3 Å². The van der Waals surface area contributed by atoms with E-state index in [2.05, 4.69) is 17.4 Å². The molecule has 4 nitrogen and oxygen atoms in total. The van der Waals surface area contributed by atoms with E-state index in [9.17, 15) is 4.79 Å². The summed E-state index contributed by atoms with van der Waals surface area (Å²) in [5.74, 6) is 0.669. The molecule has 3 aromatic rings. The van der Waals surface area contributed by atoms with Crippen LogP contribution in [0.2, 0.25) is 0 Å². The fourth-order valence-electron chi connectivity index (χ4n) is 3.41. The number of nitrogens with zero attached hydrogens (tertiary/aromatic N) is 2. The zero-order valence-electron chi connectivity index (χ0n) is 13.8. The van der Waals surface area contributed by atoms with Crippen molar-refractivity contribution in [2.45, 2.75) is 32.1 Å². The molecule has 0 saturated carbocycles. The molecule has 4 rings (SSSR count). The first-order chi connectivity index (χ1) is 11.7. The maximum absolute atomic E-state index is 12.8. The molecule has 2 heterocycles. The second-order valence-corrected chi connectivity index (χ2v) is 7.44. The van der Waals surface area contributed by atoms with Gasteiger partial charge in [-0.05, 0) is 43.2 Å². The Balaban J connectivity index is 1.62. The van der Waals surface area contributed by atoms with Crippen LogP contribution in [0.5, 0.6) is 0 Å². The van der Waals surface area contributed by atoms with Gasteiger partial charge in [-0.25, -0.2) is 4.98 Å². The van der Waals surface area contributed by atoms with E-state index in [1.54, 1.807) is 15.9 Å². The zero-order valence-corrected chi connectivity index (χ0v) is 14.7. The first-order valence-electron chi connectivity index (χ1n) is 8.53. The molecule has 24 heavy (non-hydrogen) atoms. The van der Waals surface area contributed by atoms with Gasteiger partial charge in [-0.15, -0.1) is 11.3 Å². The van der Waals surface area contributed by atoms with E-state index in [1.807, 2.05) is 25.2 Å². The maximum atomic E-state index is 12.8. The van der Waals surface area contributed by atoms with Gasteiger partial charge < -0.3 is 5.32 Å². The van der Waals surface area contributed by atoms with Gasteiger partial charge in [-0.2, -0.15) is 0 Å². The smallest absolute Gasteiger partial charge is 0.263 e. The number of benzene rings is 1. The highest BCUT2D eigenvalue weighted by molar-refractivity contribution is 7.18. The molecule has 0 radical (unpaired) electrons. The summed E-state index contributed by atoms with van der Waals surface area (Å²) in [6.45, 7) is 0.765. The third-order valence-corrected chi connectivity index (χ3v) is 5.92. The summed E-state index contributed by atoms with van der Waals surface area (Å²) >= 11 is 1.70. The van der Waals surface area contributed by atoms with Crippen LogP contribution in [0.4, 0.5) is 5.95 Å². The van der Waals surface area contributed by atoms with Crippen molar-refractivity contribution < 1.29 is 0 Å². The Hall–Kier alpha value is -2.14. The van der Waals surface area contributed by atoms with Crippen molar-refractivity contribution >= 4 is 27.5 Å². The van der Waals surface area contributed by atoms with E-state index in [1.165, 1.54) is 28.8 Å². The lowest BCUT2D eigenvalue weighted by Crippen LogP contribution is -2.23. The van der Waals surface area contributed by atoms with Crippen molar-refractivity contribution in [3.05, 3.63) is 56.7 Å². The van der Waals surface area contributed by atoms with Crippen molar-refractivity contribution in [2.75, 3.05) is 11.9 Å². The minimum absolute atomic E-state index is 0.0848. The lowest BCUT2D eigenvalue weighted by atomic mass is 9.97. The predicted octanol–water partition coefficient (Wildman–Crippen LogP) is 3.53. The van der Waals surface area contributed by atoms with Crippen molar-refractivity contribution in [3.63, 3.8) is 0 Å². The standard InChI is InChI=1S/C19H21N3OS/c1-22-18(23)16-14-9-5-6-10-15(14)24-17(16)21-19(22)20-12-11-13-7-3-2-4-8-13/h2-4,7-8H,5-6,9-12H2,1H3,(H,20,21). The molecule has 1 aliphatic rings. The Morgan fingerprint density at radius 3 is 2.83 bits per heavy atom. The Labute approximate surface area is 145 Å². The molecule has 0 fully saturated rings. The van der Waals surface area contributed by atoms with Gasteiger partial charge in [0.05, 0.1) is 5.39 Å².